The number of carbonyl (C=O) groups excluding carboxylic acids is 1. The highest BCUT2D eigenvalue weighted by molar-refractivity contribution is 9.10. The molecule has 17 heavy (non-hydrogen) atoms. The molecule has 0 atom stereocenters. The number of pyridine rings is 2. The van der Waals surface area contributed by atoms with Gasteiger partial charge in [-0.1, -0.05) is 0 Å². The van der Waals surface area contributed by atoms with Crippen LogP contribution in [0.5, 0.6) is 0 Å². The van der Waals surface area contributed by atoms with Crippen molar-refractivity contribution in [1.29, 1.82) is 0 Å². The van der Waals surface area contributed by atoms with Crippen LogP contribution in [0.3, 0.4) is 0 Å². The van der Waals surface area contributed by atoms with E-state index in [-0.39, 0.29) is 5.69 Å². The van der Waals surface area contributed by atoms with Crippen LogP contribution in [-0.2, 0) is 0 Å². The van der Waals surface area contributed by atoms with Crippen molar-refractivity contribution in [2.24, 2.45) is 0 Å². The first-order valence-corrected chi connectivity index (χ1v) is 5.49. The second kappa shape index (κ2) is 5.01. The number of carbonyl (C=O) groups is 1. The van der Waals surface area contributed by atoms with Crippen LogP contribution in [0.15, 0.2) is 41.3 Å². The number of amides is 1. The number of anilines is 1. The van der Waals surface area contributed by atoms with E-state index < -0.39 is 11.7 Å². The van der Waals surface area contributed by atoms with Crippen LogP contribution in [-0.4, -0.2) is 15.9 Å². The summed E-state index contributed by atoms with van der Waals surface area (Å²) in [6.45, 7) is 0. The third-order valence-electron chi connectivity index (χ3n) is 1.95. The molecule has 86 valence electrons. The van der Waals surface area contributed by atoms with E-state index in [4.69, 9.17) is 0 Å². The van der Waals surface area contributed by atoms with E-state index in [0.29, 0.717) is 10.3 Å². The standard InChI is InChI=1S/C11H7BrFN3O/c12-10-4-2-8(6-15-10)16-11(17)9-3-1-7(13)5-14-9/h1-6H,(H,16,17). The van der Waals surface area contributed by atoms with E-state index >= 15 is 0 Å². The van der Waals surface area contributed by atoms with Gasteiger partial charge in [-0.25, -0.2) is 14.4 Å². The van der Waals surface area contributed by atoms with E-state index in [1.807, 2.05) is 0 Å². The minimum absolute atomic E-state index is 0.148. The number of hydrogen-bond acceptors (Lipinski definition) is 3. The Morgan fingerprint density at radius 1 is 1.18 bits per heavy atom. The Kier molecular flexibility index (Phi) is 3.43. The fourth-order valence-electron chi connectivity index (χ4n) is 1.16. The second-order valence-electron chi connectivity index (χ2n) is 3.19. The highest BCUT2D eigenvalue weighted by Gasteiger charge is 2.07. The fourth-order valence-corrected chi connectivity index (χ4v) is 1.39. The minimum atomic E-state index is -0.480. The second-order valence-corrected chi connectivity index (χ2v) is 4.00. The van der Waals surface area contributed by atoms with Crippen molar-refractivity contribution < 1.29 is 9.18 Å². The summed E-state index contributed by atoms with van der Waals surface area (Å²) in [7, 11) is 0. The van der Waals surface area contributed by atoms with Gasteiger partial charge in [-0.05, 0) is 40.2 Å². The molecule has 0 saturated carbocycles. The molecule has 2 rings (SSSR count). The zero-order chi connectivity index (χ0) is 12.3. The van der Waals surface area contributed by atoms with Crippen molar-refractivity contribution in [2.45, 2.75) is 0 Å². The summed E-state index contributed by atoms with van der Waals surface area (Å²) in [4.78, 5) is 19.3. The van der Waals surface area contributed by atoms with Crippen LogP contribution in [0.1, 0.15) is 10.5 Å². The van der Waals surface area contributed by atoms with E-state index in [2.05, 4.69) is 31.2 Å². The molecule has 4 nitrogen and oxygen atoms in total. The molecule has 0 spiro atoms. The van der Waals surface area contributed by atoms with Gasteiger partial charge in [0, 0.05) is 0 Å². The summed E-state index contributed by atoms with van der Waals surface area (Å²) in [5, 5.41) is 2.60. The Labute approximate surface area is 105 Å². The maximum Gasteiger partial charge on any atom is 0.274 e. The predicted molar refractivity (Wildman–Crippen MR) is 64.1 cm³/mol. The number of nitrogens with one attached hydrogen (secondary N) is 1. The van der Waals surface area contributed by atoms with Crippen LogP contribution in [0.2, 0.25) is 0 Å². The van der Waals surface area contributed by atoms with Gasteiger partial charge in [0.2, 0.25) is 0 Å². The average molecular weight is 296 g/mol. The molecule has 0 aliphatic heterocycles. The normalized spacial score (nSPS) is 10.0. The van der Waals surface area contributed by atoms with Gasteiger partial charge in [0.05, 0.1) is 18.1 Å². The van der Waals surface area contributed by atoms with Crippen LogP contribution in [0.4, 0.5) is 10.1 Å². The maximum absolute atomic E-state index is 12.6. The molecule has 2 aromatic rings. The number of halogens is 2. The van der Waals surface area contributed by atoms with Crippen molar-refractivity contribution >= 4 is 27.5 Å². The van der Waals surface area contributed by atoms with Gasteiger partial charge in [-0.15, -0.1) is 0 Å². The zero-order valence-electron chi connectivity index (χ0n) is 8.52. The van der Waals surface area contributed by atoms with Crippen LogP contribution in [0, 0.1) is 5.82 Å². The van der Waals surface area contributed by atoms with E-state index in [9.17, 15) is 9.18 Å². The fraction of sp³-hybridized carbons (Fsp3) is 0. The number of hydrogen-bond donors (Lipinski definition) is 1. The summed E-state index contributed by atoms with van der Waals surface area (Å²) in [6.07, 6.45) is 2.50. The molecule has 0 bridgehead atoms. The number of aromatic nitrogens is 2. The van der Waals surface area contributed by atoms with Gasteiger partial charge in [0.15, 0.2) is 0 Å². The highest BCUT2D eigenvalue weighted by atomic mass is 79.9. The SMILES string of the molecule is O=C(Nc1ccc(Br)nc1)c1ccc(F)cn1. The predicted octanol–water partition coefficient (Wildman–Crippen LogP) is 2.63. The largest absolute Gasteiger partial charge is 0.319 e. The summed E-state index contributed by atoms with van der Waals surface area (Å²) >= 11 is 3.19. The molecule has 1 amide bonds. The van der Waals surface area contributed by atoms with Crippen molar-refractivity contribution in [3.05, 3.63) is 52.8 Å². The molecular formula is C11H7BrFN3O. The van der Waals surface area contributed by atoms with Gasteiger partial charge in [-0.3, -0.25) is 4.79 Å². The van der Waals surface area contributed by atoms with Crippen molar-refractivity contribution in [1.82, 2.24) is 9.97 Å². The zero-order valence-corrected chi connectivity index (χ0v) is 10.1. The van der Waals surface area contributed by atoms with Gasteiger partial charge >= 0.3 is 0 Å². The molecule has 2 heterocycles. The molecule has 2 aromatic heterocycles. The Balaban J connectivity index is 2.11. The molecule has 0 aliphatic carbocycles. The van der Waals surface area contributed by atoms with Crippen LogP contribution >= 0.6 is 15.9 Å². The van der Waals surface area contributed by atoms with Gasteiger partial charge < -0.3 is 5.32 Å². The molecule has 0 aromatic carbocycles. The van der Waals surface area contributed by atoms with Gasteiger partial charge in [-0.2, -0.15) is 0 Å². The lowest BCUT2D eigenvalue weighted by atomic mass is 10.3. The molecule has 0 radical (unpaired) electrons. The highest BCUT2D eigenvalue weighted by Crippen LogP contribution is 2.11. The molecular weight excluding hydrogens is 289 g/mol. The van der Waals surface area contributed by atoms with Crippen LogP contribution < -0.4 is 5.32 Å². The third kappa shape index (κ3) is 3.07. The smallest absolute Gasteiger partial charge is 0.274 e. The lowest BCUT2D eigenvalue weighted by Gasteiger charge is -2.03. The Morgan fingerprint density at radius 3 is 2.59 bits per heavy atom. The molecule has 0 saturated heterocycles. The summed E-state index contributed by atoms with van der Waals surface area (Å²) in [5.41, 5.74) is 0.693. The van der Waals surface area contributed by atoms with E-state index in [0.717, 1.165) is 6.20 Å². The summed E-state index contributed by atoms with van der Waals surface area (Å²) < 4.78 is 13.3. The Morgan fingerprint density at radius 2 is 2.00 bits per heavy atom. The average Bonchev–Trinajstić information content (AvgIpc) is 2.33. The van der Waals surface area contributed by atoms with Gasteiger partial charge in [0.1, 0.15) is 16.1 Å². The van der Waals surface area contributed by atoms with E-state index in [1.54, 1.807) is 12.1 Å². The molecule has 0 unspecified atom stereocenters. The number of nitrogens with zero attached hydrogens (tertiary/aromatic N) is 2. The van der Waals surface area contributed by atoms with Crippen molar-refractivity contribution in [3.63, 3.8) is 0 Å². The Bertz CT molecular complexity index is 527. The lowest BCUT2D eigenvalue weighted by Crippen LogP contribution is -2.13. The number of rotatable bonds is 2. The third-order valence-corrected chi connectivity index (χ3v) is 2.41. The molecule has 1 N–H and O–H groups in total. The first-order chi connectivity index (χ1) is 8.15. The quantitative estimate of drug-likeness (QED) is 0.867. The molecule has 0 aliphatic rings. The summed E-state index contributed by atoms with van der Waals surface area (Å²) in [5.74, 6) is -0.888. The first-order valence-electron chi connectivity index (χ1n) is 4.69. The maximum atomic E-state index is 12.6. The minimum Gasteiger partial charge on any atom is -0.319 e. The lowest BCUT2D eigenvalue weighted by molar-refractivity contribution is 0.102. The molecule has 0 fully saturated rings. The monoisotopic (exact) mass is 295 g/mol. The Hall–Kier alpha value is -1.82. The first kappa shape index (κ1) is 11.7. The van der Waals surface area contributed by atoms with Crippen molar-refractivity contribution in [2.75, 3.05) is 5.32 Å². The van der Waals surface area contributed by atoms with Crippen LogP contribution in [0.25, 0.3) is 0 Å². The summed E-state index contributed by atoms with van der Waals surface area (Å²) in [6, 6.07) is 5.89. The van der Waals surface area contributed by atoms with Crippen molar-refractivity contribution in [3.8, 4) is 0 Å². The topological polar surface area (TPSA) is 54.9 Å². The van der Waals surface area contributed by atoms with Gasteiger partial charge in [0.25, 0.3) is 5.91 Å². The van der Waals surface area contributed by atoms with E-state index in [1.165, 1.54) is 18.3 Å². The molecule has 6 heteroatoms.